The summed E-state index contributed by atoms with van der Waals surface area (Å²) < 4.78 is 0. The van der Waals surface area contributed by atoms with Crippen molar-refractivity contribution in [2.45, 2.75) is 31.7 Å². The van der Waals surface area contributed by atoms with E-state index in [9.17, 15) is 0 Å². The maximum absolute atomic E-state index is 5.01. The van der Waals surface area contributed by atoms with Crippen molar-refractivity contribution in [2.75, 3.05) is 19.0 Å². The van der Waals surface area contributed by atoms with Crippen LogP contribution in [0.2, 0.25) is 0 Å². The molecule has 1 aliphatic rings. The Kier molecular flexibility index (Phi) is 3.78. The third-order valence-corrected chi connectivity index (χ3v) is 4.59. The molecule has 1 heterocycles. The number of anilines is 1. The highest BCUT2D eigenvalue weighted by molar-refractivity contribution is 6.02. The number of aliphatic imine (C=N–C) groups is 1. The van der Waals surface area contributed by atoms with E-state index in [1.165, 1.54) is 22.5 Å². The highest BCUT2D eigenvalue weighted by Crippen LogP contribution is 2.41. The van der Waals surface area contributed by atoms with Crippen LogP contribution >= 0.6 is 0 Å². The highest BCUT2D eigenvalue weighted by Gasteiger charge is 2.37. The van der Waals surface area contributed by atoms with Gasteiger partial charge in [0.1, 0.15) is 0 Å². The molecule has 2 heteroatoms. The first kappa shape index (κ1) is 14.8. The van der Waals surface area contributed by atoms with Gasteiger partial charge in [0, 0.05) is 31.4 Å². The Hall–Kier alpha value is -2.09. The van der Waals surface area contributed by atoms with Crippen molar-refractivity contribution in [1.82, 2.24) is 0 Å². The van der Waals surface area contributed by atoms with Crippen molar-refractivity contribution >= 4 is 11.4 Å². The molecule has 2 aromatic rings. The van der Waals surface area contributed by atoms with Crippen molar-refractivity contribution in [3.05, 3.63) is 65.7 Å². The van der Waals surface area contributed by atoms with Gasteiger partial charge in [-0.05, 0) is 43.5 Å². The summed E-state index contributed by atoms with van der Waals surface area (Å²) in [5.41, 5.74) is 5.05. The molecular weight excluding hydrogens is 268 g/mol. The van der Waals surface area contributed by atoms with Crippen LogP contribution in [-0.4, -0.2) is 25.3 Å². The van der Waals surface area contributed by atoms with Crippen LogP contribution < -0.4 is 4.90 Å². The SMILES string of the molecule is CN(C)c1ccc(C2CC(c3ccccc3)=NC2(C)C)cc1. The summed E-state index contributed by atoms with van der Waals surface area (Å²) in [5.74, 6) is 0.443. The molecule has 0 bridgehead atoms. The molecule has 22 heavy (non-hydrogen) atoms. The number of hydrogen-bond donors (Lipinski definition) is 0. The zero-order chi connectivity index (χ0) is 15.7. The number of rotatable bonds is 3. The average molecular weight is 292 g/mol. The molecule has 0 saturated carbocycles. The van der Waals surface area contributed by atoms with Gasteiger partial charge in [-0.25, -0.2) is 0 Å². The Bertz CT molecular complexity index is 667. The van der Waals surface area contributed by atoms with Crippen LogP contribution in [0.4, 0.5) is 5.69 Å². The van der Waals surface area contributed by atoms with Gasteiger partial charge >= 0.3 is 0 Å². The van der Waals surface area contributed by atoms with Crippen molar-refractivity contribution in [1.29, 1.82) is 0 Å². The summed E-state index contributed by atoms with van der Waals surface area (Å²) in [4.78, 5) is 7.15. The lowest BCUT2D eigenvalue weighted by molar-refractivity contribution is 0.452. The molecule has 2 nitrogen and oxygen atoms in total. The molecule has 0 amide bonds. The molecule has 0 spiro atoms. The zero-order valence-electron chi connectivity index (χ0n) is 13.9. The van der Waals surface area contributed by atoms with E-state index in [0.717, 1.165) is 6.42 Å². The van der Waals surface area contributed by atoms with E-state index in [4.69, 9.17) is 4.99 Å². The Morgan fingerprint density at radius 2 is 1.59 bits per heavy atom. The van der Waals surface area contributed by atoms with E-state index in [1.54, 1.807) is 0 Å². The summed E-state index contributed by atoms with van der Waals surface area (Å²) >= 11 is 0. The Morgan fingerprint density at radius 1 is 0.955 bits per heavy atom. The fraction of sp³-hybridized carbons (Fsp3) is 0.350. The van der Waals surface area contributed by atoms with E-state index in [-0.39, 0.29) is 5.54 Å². The lowest BCUT2D eigenvalue weighted by atomic mass is 9.81. The van der Waals surface area contributed by atoms with E-state index in [2.05, 4.69) is 87.4 Å². The lowest BCUT2D eigenvalue weighted by Crippen LogP contribution is -2.22. The molecule has 114 valence electrons. The second-order valence-corrected chi connectivity index (χ2v) is 6.82. The van der Waals surface area contributed by atoms with Crippen molar-refractivity contribution < 1.29 is 0 Å². The monoisotopic (exact) mass is 292 g/mol. The molecule has 0 aromatic heterocycles. The Labute approximate surface area is 133 Å². The first-order chi connectivity index (χ1) is 10.5. The highest BCUT2D eigenvalue weighted by atomic mass is 15.1. The Balaban J connectivity index is 1.87. The summed E-state index contributed by atoms with van der Waals surface area (Å²) in [5, 5.41) is 0. The van der Waals surface area contributed by atoms with Gasteiger partial charge in [0.25, 0.3) is 0 Å². The van der Waals surface area contributed by atoms with Crippen LogP contribution in [0.5, 0.6) is 0 Å². The largest absolute Gasteiger partial charge is 0.378 e. The minimum atomic E-state index is -0.0508. The second-order valence-electron chi connectivity index (χ2n) is 6.82. The third-order valence-electron chi connectivity index (χ3n) is 4.59. The molecule has 1 aliphatic heterocycles. The van der Waals surface area contributed by atoms with E-state index < -0.39 is 0 Å². The minimum Gasteiger partial charge on any atom is -0.378 e. The van der Waals surface area contributed by atoms with Crippen molar-refractivity contribution in [3.63, 3.8) is 0 Å². The van der Waals surface area contributed by atoms with Crippen molar-refractivity contribution in [2.24, 2.45) is 4.99 Å². The van der Waals surface area contributed by atoms with Crippen LogP contribution in [0.25, 0.3) is 0 Å². The smallest absolute Gasteiger partial charge is 0.0627 e. The van der Waals surface area contributed by atoms with Crippen molar-refractivity contribution in [3.8, 4) is 0 Å². The maximum atomic E-state index is 5.01. The molecule has 0 fully saturated rings. The molecule has 1 unspecified atom stereocenters. The molecule has 3 rings (SSSR count). The van der Waals surface area contributed by atoms with Gasteiger partial charge in [-0.1, -0.05) is 42.5 Å². The first-order valence-corrected chi connectivity index (χ1v) is 7.89. The van der Waals surface area contributed by atoms with E-state index in [1.807, 2.05) is 0 Å². The van der Waals surface area contributed by atoms with Crippen LogP contribution in [0.3, 0.4) is 0 Å². The molecule has 0 aliphatic carbocycles. The molecule has 0 radical (unpaired) electrons. The van der Waals surface area contributed by atoms with Crippen LogP contribution in [-0.2, 0) is 0 Å². The zero-order valence-corrected chi connectivity index (χ0v) is 13.9. The minimum absolute atomic E-state index is 0.0508. The van der Waals surface area contributed by atoms with Gasteiger partial charge < -0.3 is 4.90 Å². The Morgan fingerprint density at radius 3 is 2.18 bits per heavy atom. The molecule has 0 saturated heterocycles. The fourth-order valence-corrected chi connectivity index (χ4v) is 3.26. The standard InChI is InChI=1S/C20H24N2/c1-20(2)18(15-10-12-17(13-11-15)22(3)4)14-19(21-20)16-8-6-5-7-9-16/h5-13,18H,14H2,1-4H3. The van der Waals surface area contributed by atoms with E-state index >= 15 is 0 Å². The van der Waals surface area contributed by atoms with Gasteiger partial charge in [0.05, 0.1) is 5.54 Å². The third kappa shape index (κ3) is 2.78. The van der Waals surface area contributed by atoms with Gasteiger partial charge in [0.15, 0.2) is 0 Å². The summed E-state index contributed by atoms with van der Waals surface area (Å²) in [7, 11) is 4.15. The maximum Gasteiger partial charge on any atom is 0.0627 e. The lowest BCUT2D eigenvalue weighted by Gasteiger charge is -2.25. The normalized spacial score (nSPS) is 19.8. The second kappa shape index (κ2) is 5.60. The molecule has 0 N–H and O–H groups in total. The predicted octanol–water partition coefficient (Wildman–Crippen LogP) is 4.51. The number of hydrogen-bond acceptors (Lipinski definition) is 2. The fourth-order valence-electron chi connectivity index (χ4n) is 3.26. The van der Waals surface area contributed by atoms with Crippen LogP contribution in [0.1, 0.15) is 37.3 Å². The number of nitrogens with zero attached hydrogens (tertiary/aromatic N) is 2. The van der Waals surface area contributed by atoms with Gasteiger partial charge in [-0.2, -0.15) is 0 Å². The van der Waals surface area contributed by atoms with Crippen LogP contribution in [0.15, 0.2) is 59.6 Å². The molecule has 2 aromatic carbocycles. The summed E-state index contributed by atoms with van der Waals surface area (Å²) in [6.07, 6.45) is 1.01. The van der Waals surface area contributed by atoms with Gasteiger partial charge in [-0.3, -0.25) is 4.99 Å². The molecular formula is C20H24N2. The molecule has 1 atom stereocenters. The van der Waals surface area contributed by atoms with Gasteiger partial charge in [0.2, 0.25) is 0 Å². The van der Waals surface area contributed by atoms with E-state index in [0.29, 0.717) is 5.92 Å². The quantitative estimate of drug-likeness (QED) is 0.813. The van der Waals surface area contributed by atoms with Crippen LogP contribution in [0, 0.1) is 0 Å². The topological polar surface area (TPSA) is 15.6 Å². The summed E-state index contributed by atoms with van der Waals surface area (Å²) in [6.45, 7) is 4.49. The predicted molar refractivity (Wildman–Crippen MR) is 95.2 cm³/mol. The summed E-state index contributed by atoms with van der Waals surface area (Å²) in [6, 6.07) is 19.5. The number of benzene rings is 2. The average Bonchev–Trinajstić information content (AvgIpc) is 2.84. The van der Waals surface area contributed by atoms with Gasteiger partial charge in [-0.15, -0.1) is 0 Å². The first-order valence-electron chi connectivity index (χ1n) is 7.89.